The minimum atomic E-state index is -0.473. The van der Waals surface area contributed by atoms with Crippen molar-refractivity contribution in [1.29, 1.82) is 0 Å². The van der Waals surface area contributed by atoms with E-state index in [2.05, 4.69) is 5.32 Å². The molecule has 1 aromatic carbocycles. The van der Waals surface area contributed by atoms with Gasteiger partial charge in [0, 0.05) is 32.2 Å². The van der Waals surface area contributed by atoms with Gasteiger partial charge in [0.15, 0.2) is 0 Å². The molecule has 20 heavy (non-hydrogen) atoms. The van der Waals surface area contributed by atoms with E-state index in [0.717, 1.165) is 26.2 Å². The first kappa shape index (κ1) is 14.3. The van der Waals surface area contributed by atoms with Crippen LogP contribution in [0.3, 0.4) is 0 Å². The van der Waals surface area contributed by atoms with E-state index >= 15 is 0 Å². The Bertz CT molecular complexity index is 486. The number of carbonyl (C=O) groups excluding carboxylic acids is 1. The van der Waals surface area contributed by atoms with E-state index in [4.69, 9.17) is 4.74 Å². The molecule has 0 radical (unpaired) electrons. The molecule has 1 saturated heterocycles. The number of nitro benzene ring substituents is 1. The maximum absolute atomic E-state index is 11.9. The fourth-order valence-electron chi connectivity index (χ4n) is 2.02. The van der Waals surface area contributed by atoms with E-state index in [0.29, 0.717) is 5.75 Å². The van der Waals surface area contributed by atoms with Crippen molar-refractivity contribution in [2.75, 3.05) is 32.8 Å². The molecule has 1 heterocycles. The van der Waals surface area contributed by atoms with Crippen LogP contribution in [0.2, 0.25) is 0 Å². The number of non-ortho nitro benzene ring substituents is 1. The average molecular weight is 279 g/mol. The minimum absolute atomic E-state index is 0.0177. The van der Waals surface area contributed by atoms with Gasteiger partial charge in [-0.15, -0.1) is 0 Å². The Morgan fingerprint density at radius 3 is 2.85 bits per heavy atom. The molecule has 1 amide bonds. The molecule has 108 valence electrons. The summed E-state index contributed by atoms with van der Waals surface area (Å²) < 4.78 is 5.39. The van der Waals surface area contributed by atoms with Crippen LogP contribution in [-0.2, 0) is 4.79 Å². The SMILES string of the molecule is O=C(CCOc1cccc([N+](=O)[O-])c1)N1CCNCC1. The molecule has 0 atom stereocenters. The number of nitro groups is 1. The van der Waals surface area contributed by atoms with Crippen LogP contribution < -0.4 is 10.1 Å². The lowest BCUT2D eigenvalue weighted by atomic mass is 10.3. The lowest BCUT2D eigenvalue weighted by Gasteiger charge is -2.27. The molecule has 0 aromatic heterocycles. The second-order valence-electron chi connectivity index (χ2n) is 4.48. The van der Waals surface area contributed by atoms with Gasteiger partial charge in [0.05, 0.1) is 24.0 Å². The summed E-state index contributed by atoms with van der Waals surface area (Å²) in [6.07, 6.45) is 0.280. The largest absolute Gasteiger partial charge is 0.493 e. The number of nitrogens with one attached hydrogen (secondary N) is 1. The topological polar surface area (TPSA) is 84.7 Å². The molecule has 2 rings (SSSR count). The van der Waals surface area contributed by atoms with Gasteiger partial charge in [-0.2, -0.15) is 0 Å². The second kappa shape index (κ2) is 6.85. The third-order valence-electron chi connectivity index (χ3n) is 3.08. The van der Waals surface area contributed by atoms with E-state index in [-0.39, 0.29) is 24.6 Å². The Morgan fingerprint density at radius 2 is 2.15 bits per heavy atom. The van der Waals surface area contributed by atoms with Crippen LogP contribution in [0.1, 0.15) is 6.42 Å². The number of carbonyl (C=O) groups is 1. The van der Waals surface area contributed by atoms with Gasteiger partial charge in [0.1, 0.15) is 5.75 Å². The first-order chi connectivity index (χ1) is 9.66. The van der Waals surface area contributed by atoms with Crippen molar-refractivity contribution in [2.45, 2.75) is 6.42 Å². The second-order valence-corrected chi connectivity index (χ2v) is 4.48. The molecule has 1 aromatic rings. The zero-order valence-electron chi connectivity index (χ0n) is 11.1. The maximum atomic E-state index is 11.9. The highest BCUT2D eigenvalue weighted by molar-refractivity contribution is 5.76. The third-order valence-corrected chi connectivity index (χ3v) is 3.08. The smallest absolute Gasteiger partial charge is 0.273 e. The lowest BCUT2D eigenvalue weighted by Crippen LogP contribution is -2.46. The highest BCUT2D eigenvalue weighted by Crippen LogP contribution is 2.19. The Labute approximate surface area is 116 Å². The van der Waals surface area contributed by atoms with Crippen LogP contribution in [0, 0.1) is 10.1 Å². The van der Waals surface area contributed by atoms with Crippen molar-refractivity contribution < 1.29 is 14.5 Å². The van der Waals surface area contributed by atoms with Crippen molar-refractivity contribution in [1.82, 2.24) is 10.2 Å². The predicted molar refractivity (Wildman–Crippen MR) is 72.7 cm³/mol. The molecule has 0 bridgehead atoms. The van der Waals surface area contributed by atoms with E-state index in [9.17, 15) is 14.9 Å². The Morgan fingerprint density at radius 1 is 1.40 bits per heavy atom. The molecule has 7 heteroatoms. The van der Waals surface area contributed by atoms with Gasteiger partial charge in [-0.1, -0.05) is 6.07 Å². The van der Waals surface area contributed by atoms with Crippen molar-refractivity contribution in [3.63, 3.8) is 0 Å². The lowest BCUT2D eigenvalue weighted by molar-refractivity contribution is -0.384. The van der Waals surface area contributed by atoms with Crippen LogP contribution in [0.5, 0.6) is 5.75 Å². The summed E-state index contributed by atoms with van der Waals surface area (Å²) in [7, 11) is 0. The number of ether oxygens (including phenoxy) is 1. The summed E-state index contributed by atoms with van der Waals surface area (Å²) in [6.45, 7) is 3.30. The average Bonchev–Trinajstić information content (AvgIpc) is 2.48. The van der Waals surface area contributed by atoms with Gasteiger partial charge in [-0.3, -0.25) is 14.9 Å². The highest BCUT2D eigenvalue weighted by Gasteiger charge is 2.15. The van der Waals surface area contributed by atoms with Gasteiger partial charge in [0.25, 0.3) is 5.69 Å². The Kier molecular flexibility index (Phi) is 4.89. The number of nitrogens with zero attached hydrogens (tertiary/aromatic N) is 2. The fourth-order valence-corrected chi connectivity index (χ4v) is 2.02. The molecule has 1 N–H and O–H groups in total. The Hall–Kier alpha value is -2.15. The third kappa shape index (κ3) is 3.92. The fraction of sp³-hybridized carbons (Fsp3) is 0.462. The highest BCUT2D eigenvalue weighted by atomic mass is 16.6. The zero-order valence-corrected chi connectivity index (χ0v) is 11.1. The number of hydrogen-bond acceptors (Lipinski definition) is 5. The number of amides is 1. The summed E-state index contributed by atoms with van der Waals surface area (Å²) >= 11 is 0. The molecular formula is C13H17N3O4. The van der Waals surface area contributed by atoms with E-state index < -0.39 is 4.92 Å². The molecule has 0 saturated carbocycles. The summed E-state index contributed by atoms with van der Waals surface area (Å²) in [5.41, 5.74) is -0.0177. The zero-order chi connectivity index (χ0) is 14.4. The summed E-state index contributed by atoms with van der Waals surface area (Å²) in [4.78, 5) is 23.8. The quantitative estimate of drug-likeness (QED) is 0.636. The van der Waals surface area contributed by atoms with E-state index in [1.54, 1.807) is 17.0 Å². The molecule has 0 spiro atoms. The molecule has 7 nitrogen and oxygen atoms in total. The van der Waals surface area contributed by atoms with Gasteiger partial charge in [-0.25, -0.2) is 0 Å². The first-order valence-electron chi connectivity index (χ1n) is 6.52. The van der Waals surface area contributed by atoms with Crippen LogP contribution in [0.4, 0.5) is 5.69 Å². The van der Waals surface area contributed by atoms with Crippen molar-refractivity contribution in [3.05, 3.63) is 34.4 Å². The van der Waals surface area contributed by atoms with E-state index in [1.807, 2.05) is 0 Å². The summed E-state index contributed by atoms with van der Waals surface area (Å²) in [5, 5.41) is 13.8. The molecule has 0 aliphatic carbocycles. The molecule has 0 unspecified atom stereocenters. The standard InChI is InChI=1S/C13H17N3O4/c17-13(15-7-5-14-6-8-15)4-9-20-12-3-1-2-11(10-12)16(18)19/h1-3,10,14H,4-9H2. The number of piperazine rings is 1. The van der Waals surface area contributed by atoms with E-state index in [1.165, 1.54) is 12.1 Å². The number of benzene rings is 1. The molecule has 1 fully saturated rings. The van der Waals surface area contributed by atoms with Gasteiger partial charge >= 0.3 is 0 Å². The number of hydrogen-bond donors (Lipinski definition) is 1. The Balaban J connectivity index is 1.79. The monoisotopic (exact) mass is 279 g/mol. The molecular weight excluding hydrogens is 262 g/mol. The minimum Gasteiger partial charge on any atom is -0.493 e. The van der Waals surface area contributed by atoms with Crippen LogP contribution >= 0.6 is 0 Å². The van der Waals surface area contributed by atoms with Crippen LogP contribution in [0.15, 0.2) is 24.3 Å². The van der Waals surface area contributed by atoms with Gasteiger partial charge in [-0.05, 0) is 6.07 Å². The van der Waals surface area contributed by atoms with Crippen molar-refractivity contribution >= 4 is 11.6 Å². The van der Waals surface area contributed by atoms with Crippen LogP contribution in [0.25, 0.3) is 0 Å². The van der Waals surface area contributed by atoms with Crippen LogP contribution in [-0.4, -0.2) is 48.5 Å². The molecule has 1 aliphatic rings. The summed E-state index contributed by atoms with van der Waals surface area (Å²) in [6, 6.07) is 5.96. The van der Waals surface area contributed by atoms with Gasteiger partial charge < -0.3 is 15.0 Å². The predicted octanol–water partition coefficient (Wildman–Crippen LogP) is 0.795. The molecule has 1 aliphatic heterocycles. The maximum Gasteiger partial charge on any atom is 0.273 e. The van der Waals surface area contributed by atoms with Gasteiger partial charge in [0.2, 0.25) is 5.91 Å². The van der Waals surface area contributed by atoms with Crippen molar-refractivity contribution in [2.24, 2.45) is 0 Å². The van der Waals surface area contributed by atoms with Crippen molar-refractivity contribution in [3.8, 4) is 5.75 Å². The summed E-state index contributed by atoms with van der Waals surface area (Å²) in [5.74, 6) is 0.462. The number of rotatable bonds is 5. The normalized spacial score (nSPS) is 14.9. The first-order valence-corrected chi connectivity index (χ1v) is 6.52.